The van der Waals surface area contributed by atoms with E-state index in [-0.39, 0.29) is 17.4 Å². The zero-order chi connectivity index (χ0) is 17.3. The number of nitrogens with zero attached hydrogens (tertiary/aromatic N) is 1. The molecule has 0 bridgehead atoms. The number of hydrogen-bond donors (Lipinski definition) is 0. The quantitative estimate of drug-likeness (QED) is 0.704. The molecule has 1 unspecified atom stereocenters. The molecule has 3 rings (SSSR count). The molecule has 0 N–H and O–H groups in total. The van der Waals surface area contributed by atoms with Crippen molar-refractivity contribution in [3.63, 3.8) is 0 Å². The Morgan fingerprint density at radius 1 is 0.958 bits per heavy atom. The fourth-order valence-electron chi connectivity index (χ4n) is 2.69. The van der Waals surface area contributed by atoms with Gasteiger partial charge in [0.25, 0.3) is 0 Å². The maximum Gasteiger partial charge on any atom is 0.573 e. The lowest BCUT2D eigenvalue weighted by Gasteiger charge is -2.11. The van der Waals surface area contributed by atoms with Crippen molar-refractivity contribution in [1.82, 2.24) is 0 Å². The third kappa shape index (κ3) is 3.55. The Hall–Kier alpha value is -2.44. The van der Waals surface area contributed by atoms with E-state index >= 15 is 0 Å². The number of aliphatic imine (C=N–C) groups is 1. The van der Waals surface area contributed by atoms with E-state index in [1.54, 1.807) is 0 Å². The minimum absolute atomic E-state index is 0.142. The number of halogens is 5. The molecule has 24 heavy (non-hydrogen) atoms. The van der Waals surface area contributed by atoms with Crippen molar-refractivity contribution in [3.05, 3.63) is 65.2 Å². The Bertz CT molecular complexity index is 747. The fourth-order valence-corrected chi connectivity index (χ4v) is 2.69. The number of ether oxygens (including phenoxy) is 1. The molecule has 2 aromatic carbocycles. The van der Waals surface area contributed by atoms with Crippen molar-refractivity contribution >= 4 is 5.71 Å². The zero-order valence-corrected chi connectivity index (χ0v) is 12.3. The van der Waals surface area contributed by atoms with Crippen LogP contribution < -0.4 is 4.74 Å². The van der Waals surface area contributed by atoms with Gasteiger partial charge in [-0.15, -0.1) is 13.2 Å². The standard InChI is InChI=1S/C17H12F5NO/c18-12-2-1-3-13(19)16(12)15-9-8-14(23-15)10-4-6-11(7-5-10)24-17(20,21)22/h1-7,14H,8-9H2. The first-order valence-corrected chi connectivity index (χ1v) is 7.20. The van der Waals surface area contributed by atoms with Crippen LogP contribution in [0.4, 0.5) is 22.0 Å². The van der Waals surface area contributed by atoms with Crippen LogP contribution in [0.1, 0.15) is 30.0 Å². The monoisotopic (exact) mass is 341 g/mol. The van der Waals surface area contributed by atoms with Crippen LogP contribution in [0.5, 0.6) is 5.75 Å². The van der Waals surface area contributed by atoms with Gasteiger partial charge in [0, 0.05) is 5.71 Å². The molecular formula is C17H12F5NO. The summed E-state index contributed by atoms with van der Waals surface area (Å²) < 4.78 is 67.8. The van der Waals surface area contributed by atoms with Crippen LogP contribution in [0.3, 0.4) is 0 Å². The van der Waals surface area contributed by atoms with Gasteiger partial charge in [0.2, 0.25) is 0 Å². The molecular weight excluding hydrogens is 329 g/mol. The summed E-state index contributed by atoms with van der Waals surface area (Å²) in [5, 5.41) is 0. The second-order valence-corrected chi connectivity index (χ2v) is 5.34. The predicted molar refractivity (Wildman–Crippen MR) is 78.0 cm³/mol. The molecule has 0 amide bonds. The summed E-state index contributed by atoms with van der Waals surface area (Å²) in [4.78, 5) is 4.33. The number of benzene rings is 2. The largest absolute Gasteiger partial charge is 0.573 e. The maximum absolute atomic E-state index is 13.8. The smallest absolute Gasteiger partial charge is 0.406 e. The van der Waals surface area contributed by atoms with Crippen LogP contribution in [0.15, 0.2) is 47.5 Å². The van der Waals surface area contributed by atoms with Gasteiger partial charge in [-0.05, 0) is 42.7 Å². The van der Waals surface area contributed by atoms with Crippen molar-refractivity contribution < 1.29 is 26.7 Å². The summed E-state index contributed by atoms with van der Waals surface area (Å²) in [6.07, 6.45) is -3.82. The zero-order valence-electron chi connectivity index (χ0n) is 12.3. The second kappa shape index (κ2) is 6.22. The fraction of sp³-hybridized carbons (Fsp3) is 0.235. The van der Waals surface area contributed by atoms with E-state index in [9.17, 15) is 22.0 Å². The van der Waals surface area contributed by atoms with Crippen LogP contribution in [-0.2, 0) is 0 Å². The van der Waals surface area contributed by atoms with E-state index in [0.717, 1.165) is 12.1 Å². The number of alkyl halides is 3. The summed E-state index contributed by atoms with van der Waals surface area (Å²) in [6, 6.07) is 8.58. The Morgan fingerprint density at radius 3 is 2.17 bits per heavy atom. The maximum atomic E-state index is 13.8. The van der Waals surface area contributed by atoms with Gasteiger partial charge < -0.3 is 4.74 Å². The van der Waals surface area contributed by atoms with Crippen molar-refractivity contribution in [1.29, 1.82) is 0 Å². The molecule has 7 heteroatoms. The molecule has 0 spiro atoms. The Labute approximate surface area is 134 Å². The van der Waals surface area contributed by atoms with Crippen LogP contribution in [-0.4, -0.2) is 12.1 Å². The minimum Gasteiger partial charge on any atom is -0.406 e. The van der Waals surface area contributed by atoms with Crippen molar-refractivity contribution in [2.24, 2.45) is 4.99 Å². The molecule has 0 radical (unpaired) electrons. The number of rotatable bonds is 3. The predicted octanol–water partition coefficient (Wildman–Crippen LogP) is 5.19. The highest BCUT2D eigenvalue weighted by Crippen LogP contribution is 2.33. The lowest BCUT2D eigenvalue weighted by molar-refractivity contribution is -0.274. The molecule has 2 nitrogen and oxygen atoms in total. The Morgan fingerprint density at radius 2 is 1.58 bits per heavy atom. The molecule has 126 valence electrons. The average Bonchev–Trinajstić information content (AvgIpc) is 2.96. The summed E-state index contributed by atoms with van der Waals surface area (Å²) in [6.45, 7) is 0. The summed E-state index contributed by atoms with van der Waals surface area (Å²) in [7, 11) is 0. The first kappa shape index (κ1) is 16.4. The topological polar surface area (TPSA) is 21.6 Å². The molecule has 0 aliphatic carbocycles. The lowest BCUT2D eigenvalue weighted by Crippen LogP contribution is -2.17. The van der Waals surface area contributed by atoms with E-state index < -0.39 is 18.0 Å². The van der Waals surface area contributed by atoms with Crippen LogP contribution >= 0.6 is 0 Å². The molecule has 0 saturated carbocycles. The van der Waals surface area contributed by atoms with E-state index in [1.165, 1.54) is 30.3 Å². The first-order valence-electron chi connectivity index (χ1n) is 7.20. The van der Waals surface area contributed by atoms with Crippen LogP contribution in [0, 0.1) is 11.6 Å². The average molecular weight is 341 g/mol. The van der Waals surface area contributed by atoms with E-state index in [1.807, 2.05) is 0 Å². The highest BCUT2D eigenvalue weighted by Gasteiger charge is 2.31. The van der Waals surface area contributed by atoms with E-state index in [0.29, 0.717) is 24.1 Å². The van der Waals surface area contributed by atoms with Crippen molar-refractivity contribution in [3.8, 4) is 5.75 Å². The summed E-state index contributed by atoms with van der Waals surface area (Å²) in [5.74, 6) is -1.68. The van der Waals surface area contributed by atoms with Gasteiger partial charge in [-0.25, -0.2) is 8.78 Å². The van der Waals surface area contributed by atoms with E-state index in [4.69, 9.17) is 0 Å². The van der Waals surface area contributed by atoms with Crippen molar-refractivity contribution in [2.45, 2.75) is 25.2 Å². The van der Waals surface area contributed by atoms with Gasteiger partial charge in [-0.2, -0.15) is 0 Å². The van der Waals surface area contributed by atoms with Crippen molar-refractivity contribution in [2.75, 3.05) is 0 Å². The van der Waals surface area contributed by atoms with Gasteiger partial charge in [0.15, 0.2) is 0 Å². The molecule has 1 aliphatic heterocycles. The van der Waals surface area contributed by atoms with Gasteiger partial charge in [0.1, 0.15) is 17.4 Å². The van der Waals surface area contributed by atoms with Gasteiger partial charge in [0.05, 0.1) is 11.6 Å². The van der Waals surface area contributed by atoms with Crippen LogP contribution in [0.2, 0.25) is 0 Å². The third-order valence-corrected chi connectivity index (χ3v) is 3.72. The molecule has 2 aromatic rings. The minimum atomic E-state index is -4.75. The number of hydrogen-bond acceptors (Lipinski definition) is 2. The second-order valence-electron chi connectivity index (χ2n) is 5.34. The highest BCUT2D eigenvalue weighted by atomic mass is 19.4. The molecule has 0 saturated heterocycles. The third-order valence-electron chi connectivity index (χ3n) is 3.72. The molecule has 1 heterocycles. The molecule has 1 aliphatic rings. The summed E-state index contributed by atoms with van der Waals surface area (Å²) in [5.41, 5.74) is 0.847. The molecule has 1 atom stereocenters. The lowest BCUT2D eigenvalue weighted by atomic mass is 10.0. The Kier molecular flexibility index (Phi) is 4.26. The van der Waals surface area contributed by atoms with Gasteiger partial charge in [-0.3, -0.25) is 4.99 Å². The summed E-state index contributed by atoms with van der Waals surface area (Å²) >= 11 is 0. The van der Waals surface area contributed by atoms with Gasteiger partial charge >= 0.3 is 6.36 Å². The van der Waals surface area contributed by atoms with Crippen LogP contribution in [0.25, 0.3) is 0 Å². The Balaban J connectivity index is 1.81. The molecule has 0 fully saturated rings. The van der Waals surface area contributed by atoms with E-state index in [2.05, 4.69) is 9.73 Å². The molecule has 0 aromatic heterocycles. The first-order chi connectivity index (χ1) is 11.3. The SMILES string of the molecule is Fc1cccc(F)c1C1=NC(c2ccc(OC(F)(F)F)cc2)CC1. The van der Waals surface area contributed by atoms with Gasteiger partial charge in [-0.1, -0.05) is 18.2 Å². The normalized spacial score (nSPS) is 17.7. The highest BCUT2D eigenvalue weighted by molar-refractivity contribution is 6.02.